The standard InChI is InChI=1S/C16H13N3O4S/c1-10-5-12(9-23-2)14(7-17)16(18-10)24-15-4-3-13(19(21)22)6-11(15)8-20/h3-6,8H,9H2,1-2H3. The van der Waals surface area contributed by atoms with E-state index in [1.165, 1.54) is 25.3 Å². The van der Waals surface area contributed by atoms with Crippen molar-refractivity contribution in [3.05, 3.63) is 56.8 Å². The number of aromatic nitrogens is 1. The van der Waals surface area contributed by atoms with Crippen LogP contribution in [-0.4, -0.2) is 23.3 Å². The minimum Gasteiger partial charge on any atom is -0.380 e. The van der Waals surface area contributed by atoms with Crippen LogP contribution in [0, 0.1) is 28.4 Å². The number of hydrogen-bond donors (Lipinski definition) is 0. The molecule has 8 heteroatoms. The molecule has 24 heavy (non-hydrogen) atoms. The van der Waals surface area contributed by atoms with Gasteiger partial charge in [-0.2, -0.15) is 5.26 Å². The van der Waals surface area contributed by atoms with Gasteiger partial charge in [0.05, 0.1) is 17.1 Å². The number of nitro benzene ring substituents is 1. The molecule has 0 N–H and O–H groups in total. The van der Waals surface area contributed by atoms with Crippen LogP contribution in [0.15, 0.2) is 34.2 Å². The van der Waals surface area contributed by atoms with Gasteiger partial charge in [0.1, 0.15) is 11.1 Å². The Balaban J connectivity index is 2.50. The second kappa shape index (κ2) is 7.68. The van der Waals surface area contributed by atoms with Crippen molar-refractivity contribution >= 4 is 23.7 Å². The van der Waals surface area contributed by atoms with Gasteiger partial charge in [0.2, 0.25) is 0 Å². The predicted octanol–water partition coefficient (Wildman–Crippen LogP) is 3.28. The summed E-state index contributed by atoms with van der Waals surface area (Å²) in [5.74, 6) is 0. The van der Waals surface area contributed by atoms with Crippen molar-refractivity contribution in [2.45, 2.75) is 23.5 Å². The lowest BCUT2D eigenvalue weighted by molar-refractivity contribution is -0.384. The van der Waals surface area contributed by atoms with Gasteiger partial charge >= 0.3 is 0 Å². The van der Waals surface area contributed by atoms with Gasteiger partial charge in [0, 0.05) is 41.0 Å². The molecule has 1 heterocycles. The summed E-state index contributed by atoms with van der Waals surface area (Å²) in [6.07, 6.45) is 0.549. The molecule has 0 radical (unpaired) electrons. The zero-order valence-electron chi connectivity index (χ0n) is 13.0. The van der Waals surface area contributed by atoms with Crippen molar-refractivity contribution in [1.82, 2.24) is 4.98 Å². The van der Waals surface area contributed by atoms with Crippen molar-refractivity contribution in [3.8, 4) is 6.07 Å². The van der Waals surface area contributed by atoms with E-state index in [0.717, 1.165) is 11.8 Å². The maximum Gasteiger partial charge on any atom is 0.270 e. The number of hydrogen-bond acceptors (Lipinski definition) is 7. The van der Waals surface area contributed by atoms with Crippen LogP contribution in [0.4, 0.5) is 5.69 Å². The molecule has 0 aliphatic carbocycles. The van der Waals surface area contributed by atoms with Crippen molar-refractivity contribution in [3.63, 3.8) is 0 Å². The highest BCUT2D eigenvalue weighted by molar-refractivity contribution is 7.99. The Labute approximate surface area is 142 Å². The van der Waals surface area contributed by atoms with Crippen LogP contribution in [0.25, 0.3) is 0 Å². The van der Waals surface area contributed by atoms with Crippen LogP contribution in [0.3, 0.4) is 0 Å². The van der Waals surface area contributed by atoms with E-state index in [-0.39, 0.29) is 17.9 Å². The van der Waals surface area contributed by atoms with Gasteiger partial charge < -0.3 is 4.74 Å². The van der Waals surface area contributed by atoms with E-state index in [4.69, 9.17) is 4.74 Å². The minimum absolute atomic E-state index is 0.167. The molecule has 0 aliphatic heterocycles. The molecule has 0 unspecified atom stereocenters. The third-order valence-electron chi connectivity index (χ3n) is 3.15. The summed E-state index contributed by atoms with van der Waals surface area (Å²) in [6.45, 7) is 2.06. The number of non-ortho nitro benzene ring substituents is 1. The Bertz CT molecular complexity index is 846. The van der Waals surface area contributed by atoms with E-state index in [0.29, 0.717) is 33.0 Å². The molecule has 0 fully saturated rings. The number of benzene rings is 1. The molecule has 2 rings (SSSR count). The molecule has 0 saturated heterocycles. The van der Waals surface area contributed by atoms with Gasteiger partial charge in [-0.15, -0.1) is 0 Å². The van der Waals surface area contributed by atoms with Gasteiger partial charge in [-0.25, -0.2) is 4.98 Å². The number of carbonyl (C=O) groups excluding carboxylic acids is 1. The van der Waals surface area contributed by atoms with Crippen molar-refractivity contribution in [1.29, 1.82) is 5.26 Å². The molecule has 0 bridgehead atoms. The van der Waals surface area contributed by atoms with Gasteiger partial charge in [0.15, 0.2) is 6.29 Å². The maximum atomic E-state index is 11.2. The third kappa shape index (κ3) is 3.76. The molecule has 0 spiro atoms. The fourth-order valence-electron chi connectivity index (χ4n) is 2.11. The van der Waals surface area contributed by atoms with Crippen molar-refractivity contribution in [2.24, 2.45) is 0 Å². The summed E-state index contributed by atoms with van der Waals surface area (Å²) >= 11 is 1.12. The van der Waals surface area contributed by atoms with E-state index in [1.54, 1.807) is 13.0 Å². The Morgan fingerprint density at radius 3 is 2.79 bits per heavy atom. The molecule has 1 aromatic heterocycles. The predicted molar refractivity (Wildman–Crippen MR) is 87.0 cm³/mol. The first-order chi connectivity index (χ1) is 11.5. The van der Waals surface area contributed by atoms with E-state index in [9.17, 15) is 20.2 Å². The number of aryl methyl sites for hydroxylation is 1. The molecule has 0 aliphatic rings. The second-order valence-corrected chi connectivity index (χ2v) is 5.88. The number of nitro groups is 1. The Morgan fingerprint density at radius 1 is 1.46 bits per heavy atom. The summed E-state index contributed by atoms with van der Waals surface area (Å²) in [6, 6.07) is 7.86. The maximum absolute atomic E-state index is 11.2. The highest BCUT2D eigenvalue weighted by atomic mass is 32.2. The number of aldehydes is 1. The lowest BCUT2D eigenvalue weighted by Gasteiger charge is -2.10. The highest BCUT2D eigenvalue weighted by Gasteiger charge is 2.16. The zero-order valence-corrected chi connectivity index (χ0v) is 13.8. The van der Waals surface area contributed by atoms with E-state index in [1.807, 2.05) is 0 Å². The number of rotatable bonds is 6. The topological polar surface area (TPSA) is 106 Å². The molecule has 1 aromatic carbocycles. The number of methoxy groups -OCH3 is 1. The van der Waals surface area contributed by atoms with Crippen LogP contribution in [0.1, 0.15) is 27.2 Å². The fourth-order valence-corrected chi connectivity index (χ4v) is 3.15. The number of pyridine rings is 1. The fraction of sp³-hybridized carbons (Fsp3) is 0.188. The monoisotopic (exact) mass is 343 g/mol. The summed E-state index contributed by atoms with van der Waals surface area (Å²) in [5.41, 5.74) is 1.78. The quantitative estimate of drug-likeness (QED) is 0.450. The zero-order chi connectivity index (χ0) is 17.7. The third-order valence-corrected chi connectivity index (χ3v) is 4.23. The molecule has 7 nitrogen and oxygen atoms in total. The second-order valence-electron chi connectivity index (χ2n) is 4.85. The van der Waals surface area contributed by atoms with Crippen molar-refractivity contribution < 1.29 is 14.5 Å². The molecular formula is C16H13N3O4S. The number of nitriles is 1. The minimum atomic E-state index is -0.566. The average molecular weight is 343 g/mol. The van der Waals surface area contributed by atoms with Crippen LogP contribution >= 0.6 is 11.8 Å². The SMILES string of the molecule is COCc1cc(C)nc(Sc2ccc([N+](=O)[O-])cc2C=O)c1C#N. The van der Waals surface area contributed by atoms with Gasteiger partial charge in [0.25, 0.3) is 5.69 Å². The van der Waals surface area contributed by atoms with Crippen LogP contribution in [0.2, 0.25) is 0 Å². The van der Waals surface area contributed by atoms with Gasteiger partial charge in [-0.1, -0.05) is 11.8 Å². The normalized spacial score (nSPS) is 10.2. The van der Waals surface area contributed by atoms with E-state index < -0.39 is 4.92 Å². The van der Waals surface area contributed by atoms with E-state index >= 15 is 0 Å². The first-order valence-corrected chi connectivity index (χ1v) is 7.62. The summed E-state index contributed by atoms with van der Waals surface area (Å²) in [5, 5.41) is 20.7. The first kappa shape index (κ1) is 17.6. The first-order valence-electron chi connectivity index (χ1n) is 6.81. The average Bonchev–Trinajstić information content (AvgIpc) is 2.55. The van der Waals surface area contributed by atoms with Crippen molar-refractivity contribution in [2.75, 3.05) is 7.11 Å². The molecule has 122 valence electrons. The summed E-state index contributed by atoms with van der Waals surface area (Å²) in [4.78, 5) is 26.3. The molecule has 0 saturated carbocycles. The highest BCUT2D eigenvalue weighted by Crippen LogP contribution is 2.34. The smallest absolute Gasteiger partial charge is 0.270 e. The van der Waals surface area contributed by atoms with Crippen LogP contribution in [-0.2, 0) is 11.3 Å². The lowest BCUT2D eigenvalue weighted by Crippen LogP contribution is -2.00. The van der Waals surface area contributed by atoms with Gasteiger partial charge in [-0.05, 0) is 19.1 Å². The van der Waals surface area contributed by atoms with Gasteiger partial charge in [-0.3, -0.25) is 14.9 Å². The molecule has 0 amide bonds. The summed E-state index contributed by atoms with van der Waals surface area (Å²) < 4.78 is 5.10. The number of ether oxygens (including phenoxy) is 1. The molecule has 2 aromatic rings. The summed E-state index contributed by atoms with van der Waals surface area (Å²) in [7, 11) is 1.53. The Hall–Kier alpha value is -2.76. The van der Waals surface area contributed by atoms with E-state index in [2.05, 4.69) is 11.1 Å². The van der Waals surface area contributed by atoms with Crippen LogP contribution in [0.5, 0.6) is 0 Å². The molecular weight excluding hydrogens is 330 g/mol. The molecule has 0 atom stereocenters. The largest absolute Gasteiger partial charge is 0.380 e. The number of nitrogens with zero attached hydrogens (tertiary/aromatic N) is 3. The Kier molecular flexibility index (Phi) is 5.63. The lowest BCUT2D eigenvalue weighted by atomic mass is 10.1. The number of carbonyl (C=O) groups is 1. The van der Waals surface area contributed by atoms with Crippen LogP contribution < -0.4 is 0 Å². The Morgan fingerprint density at radius 2 is 2.21 bits per heavy atom.